The van der Waals surface area contributed by atoms with Crippen molar-refractivity contribution in [1.29, 1.82) is 0 Å². The van der Waals surface area contributed by atoms with Gasteiger partial charge >= 0.3 is 7.12 Å². The molecule has 5 heteroatoms. The van der Waals surface area contributed by atoms with E-state index >= 15 is 0 Å². The Kier molecular flexibility index (Phi) is 6.14. The standard InChI is InChI=1S/C36H46BNO3/c1-32(2,3)22-12-14-23(15-13-22)38-29-21-31-25(19-28(29)37-40-35(8,9)36(10,11)41-37)24-18-26-27(20-30(24)39-31)34(6,7)17-16-33(26,4)5/h12-15,18-21,38H,16-17H2,1-11H3. The fourth-order valence-corrected chi connectivity index (χ4v) is 6.38. The molecule has 0 unspecified atom stereocenters. The second-order valence-corrected chi connectivity index (χ2v) is 15.7. The predicted octanol–water partition coefficient (Wildman–Crippen LogP) is 9.28. The molecule has 2 aliphatic rings. The third-order valence-electron chi connectivity index (χ3n) is 10.2. The van der Waals surface area contributed by atoms with E-state index in [9.17, 15) is 0 Å². The summed E-state index contributed by atoms with van der Waals surface area (Å²) in [4.78, 5) is 0. The van der Waals surface area contributed by atoms with E-state index in [-0.39, 0.29) is 16.2 Å². The SMILES string of the molecule is CC(C)(C)c1ccc(Nc2cc3oc4cc5c(cc4c3cc2B2OC(C)(C)C(C)(C)O2)C(C)(C)CCC5(C)C)cc1. The number of nitrogens with one attached hydrogen (secondary N) is 1. The van der Waals surface area contributed by atoms with Crippen LogP contribution in [-0.4, -0.2) is 18.3 Å². The van der Waals surface area contributed by atoms with Gasteiger partial charge in [-0.15, -0.1) is 0 Å². The minimum absolute atomic E-state index is 0.0991. The molecule has 0 atom stereocenters. The molecule has 3 aromatic carbocycles. The molecule has 1 aromatic heterocycles. The zero-order chi connectivity index (χ0) is 29.8. The number of hydrogen-bond acceptors (Lipinski definition) is 4. The second-order valence-electron chi connectivity index (χ2n) is 15.7. The van der Waals surface area contributed by atoms with Crippen LogP contribution in [0.2, 0.25) is 0 Å². The van der Waals surface area contributed by atoms with Crippen LogP contribution in [0.4, 0.5) is 11.4 Å². The Balaban J connectivity index is 1.53. The third-order valence-corrected chi connectivity index (χ3v) is 10.2. The molecule has 1 fully saturated rings. The number of anilines is 2. The molecule has 4 aromatic rings. The van der Waals surface area contributed by atoms with Crippen molar-refractivity contribution in [2.75, 3.05) is 5.32 Å². The first-order chi connectivity index (χ1) is 18.9. The van der Waals surface area contributed by atoms with Crippen LogP contribution in [0, 0.1) is 0 Å². The molecule has 1 saturated heterocycles. The first-order valence-corrected chi connectivity index (χ1v) is 15.2. The molecule has 0 amide bonds. The Morgan fingerprint density at radius 1 is 0.683 bits per heavy atom. The van der Waals surface area contributed by atoms with Crippen LogP contribution in [0.25, 0.3) is 21.9 Å². The van der Waals surface area contributed by atoms with Crippen molar-refractivity contribution in [2.45, 2.75) is 116 Å². The van der Waals surface area contributed by atoms with Gasteiger partial charge in [0, 0.05) is 33.7 Å². The number of rotatable bonds is 3. The summed E-state index contributed by atoms with van der Waals surface area (Å²) in [5, 5.41) is 5.93. The smallest absolute Gasteiger partial charge is 0.456 e. The van der Waals surface area contributed by atoms with Crippen LogP contribution in [0.1, 0.15) is 106 Å². The quantitative estimate of drug-likeness (QED) is 0.258. The van der Waals surface area contributed by atoms with Crippen LogP contribution >= 0.6 is 0 Å². The molecular formula is C36H46BNO3. The minimum Gasteiger partial charge on any atom is -0.456 e. The topological polar surface area (TPSA) is 43.6 Å². The summed E-state index contributed by atoms with van der Waals surface area (Å²) in [7, 11) is -0.501. The fraction of sp³-hybridized carbons (Fsp3) is 0.500. The number of fused-ring (bicyclic) bond motifs is 4. The second kappa shape index (κ2) is 8.88. The lowest BCUT2D eigenvalue weighted by Gasteiger charge is -2.41. The van der Waals surface area contributed by atoms with Gasteiger partial charge in [0.05, 0.1) is 11.2 Å². The maximum atomic E-state index is 6.60. The summed E-state index contributed by atoms with van der Waals surface area (Å²) in [6.45, 7) is 24.6. The molecule has 0 radical (unpaired) electrons. The molecule has 0 spiro atoms. The lowest BCUT2D eigenvalue weighted by Crippen LogP contribution is -2.41. The summed E-state index contributed by atoms with van der Waals surface area (Å²) in [5.74, 6) is 0. The van der Waals surface area contributed by atoms with Crippen molar-refractivity contribution < 1.29 is 13.7 Å². The molecule has 41 heavy (non-hydrogen) atoms. The van der Waals surface area contributed by atoms with Crippen LogP contribution in [0.15, 0.2) is 52.9 Å². The van der Waals surface area contributed by atoms with Gasteiger partial charge < -0.3 is 19.0 Å². The molecule has 0 bridgehead atoms. The molecule has 1 N–H and O–H groups in total. The zero-order valence-electron chi connectivity index (χ0n) is 26.8. The molecule has 4 nitrogen and oxygen atoms in total. The molecule has 1 aliphatic heterocycles. The number of benzene rings is 3. The van der Waals surface area contributed by atoms with Gasteiger partial charge in [-0.1, -0.05) is 60.6 Å². The molecule has 1 aliphatic carbocycles. The molecular weight excluding hydrogens is 505 g/mol. The van der Waals surface area contributed by atoms with E-state index in [0.29, 0.717) is 0 Å². The maximum Gasteiger partial charge on any atom is 0.497 e. The van der Waals surface area contributed by atoms with Crippen LogP contribution in [0.3, 0.4) is 0 Å². The molecule has 0 saturated carbocycles. The van der Waals surface area contributed by atoms with Gasteiger partial charge in [-0.3, -0.25) is 0 Å². The molecule has 6 rings (SSSR count). The lowest BCUT2D eigenvalue weighted by atomic mass is 9.63. The monoisotopic (exact) mass is 551 g/mol. The lowest BCUT2D eigenvalue weighted by molar-refractivity contribution is 0.00578. The van der Waals surface area contributed by atoms with Crippen LogP contribution in [-0.2, 0) is 25.6 Å². The Hall–Kier alpha value is -2.76. The average molecular weight is 552 g/mol. The van der Waals surface area contributed by atoms with Crippen molar-refractivity contribution in [3.63, 3.8) is 0 Å². The zero-order valence-corrected chi connectivity index (χ0v) is 26.8. The minimum atomic E-state index is -0.501. The third kappa shape index (κ3) is 4.70. The van der Waals surface area contributed by atoms with Gasteiger partial charge in [0.15, 0.2) is 0 Å². The summed E-state index contributed by atoms with van der Waals surface area (Å²) in [6, 6.07) is 17.7. The summed E-state index contributed by atoms with van der Waals surface area (Å²) >= 11 is 0. The van der Waals surface area contributed by atoms with Crippen molar-refractivity contribution in [1.82, 2.24) is 0 Å². The Bertz CT molecular complexity index is 1630. The van der Waals surface area contributed by atoms with Crippen LogP contribution in [0.5, 0.6) is 0 Å². The maximum absolute atomic E-state index is 6.60. The highest BCUT2D eigenvalue weighted by Crippen LogP contribution is 2.48. The highest BCUT2D eigenvalue weighted by molar-refractivity contribution is 6.64. The average Bonchev–Trinajstić information content (AvgIpc) is 3.32. The molecule has 216 valence electrons. The number of hydrogen-bond donors (Lipinski definition) is 1. The predicted molar refractivity (Wildman–Crippen MR) is 173 cm³/mol. The van der Waals surface area contributed by atoms with E-state index < -0.39 is 18.3 Å². The van der Waals surface area contributed by atoms with Gasteiger partial charge in [0.2, 0.25) is 0 Å². The van der Waals surface area contributed by atoms with E-state index in [1.807, 2.05) is 0 Å². The Morgan fingerprint density at radius 3 is 1.76 bits per heavy atom. The first-order valence-electron chi connectivity index (χ1n) is 15.2. The molecule has 2 heterocycles. The van der Waals surface area contributed by atoms with Gasteiger partial charge in [0.1, 0.15) is 11.2 Å². The normalized spacial score (nSPS) is 20.9. The van der Waals surface area contributed by atoms with E-state index in [1.54, 1.807) is 0 Å². The van der Waals surface area contributed by atoms with Gasteiger partial charge in [-0.2, -0.15) is 0 Å². The van der Waals surface area contributed by atoms with Crippen molar-refractivity contribution in [3.05, 3.63) is 65.2 Å². The van der Waals surface area contributed by atoms with Gasteiger partial charge in [-0.25, -0.2) is 0 Å². The largest absolute Gasteiger partial charge is 0.497 e. The van der Waals surface area contributed by atoms with E-state index in [4.69, 9.17) is 13.7 Å². The van der Waals surface area contributed by atoms with Crippen LogP contribution < -0.4 is 10.8 Å². The van der Waals surface area contributed by atoms with Crippen molar-refractivity contribution in [3.8, 4) is 0 Å². The Morgan fingerprint density at radius 2 is 1.20 bits per heavy atom. The Labute approximate surface area is 246 Å². The van der Waals surface area contributed by atoms with Crippen molar-refractivity contribution in [2.24, 2.45) is 0 Å². The van der Waals surface area contributed by atoms with Gasteiger partial charge in [0.25, 0.3) is 0 Å². The summed E-state index contributed by atoms with van der Waals surface area (Å²) < 4.78 is 19.8. The number of furan rings is 1. The first kappa shape index (κ1) is 28.4. The highest BCUT2D eigenvalue weighted by atomic mass is 16.7. The summed E-state index contributed by atoms with van der Waals surface area (Å²) in [6.07, 6.45) is 2.35. The van der Waals surface area contributed by atoms with E-state index in [0.717, 1.165) is 38.8 Å². The highest BCUT2D eigenvalue weighted by Gasteiger charge is 2.52. The van der Waals surface area contributed by atoms with Gasteiger partial charge in [-0.05, 0) is 104 Å². The van der Waals surface area contributed by atoms with E-state index in [2.05, 4.69) is 130 Å². The summed E-state index contributed by atoms with van der Waals surface area (Å²) in [5.41, 5.74) is 8.35. The fourth-order valence-electron chi connectivity index (χ4n) is 6.38. The van der Waals surface area contributed by atoms with Crippen molar-refractivity contribution >= 4 is 45.9 Å². The van der Waals surface area contributed by atoms with E-state index in [1.165, 1.54) is 29.5 Å².